The second-order valence-corrected chi connectivity index (χ2v) is 14.2. The van der Waals surface area contributed by atoms with Crippen LogP contribution in [0.1, 0.15) is 28.9 Å². The molecule has 11 rings (SSSR count). The number of nitrogens with zero attached hydrogens (tertiary/aromatic N) is 4. The molecule has 4 nitrogen and oxygen atoms in total. The van der Waals surface area contributed by atoms with Gasteiger partial charge < -0.3 is 18.3 Å². The van der Waals surface area contributed by atoms with Crippen LogP contribution in [0, 0.1) is 0 Å². The Kier molecular flexibility index (Phi) is 6.27. The Morgan fingerprint density at radius 1 is 0.472 bits per heavy atom. The van der Waals surface area contributed by atoms with Crippen molar-refractivity contribution in [2.24, 2.45) is 7.05 Å². The number of para-hydroxylation sites is 4. The molecule has 0 radical (unpaired) electrons. The fraction of sp³-hybridized carbons (Fsp3) is 0.0612. The van der Waals surface area contributed by atoms with E-state index in [1.165, 1.54) is 82.4 Å². The lowest BCUT2D eigenvalue weighted by Crippen LogP contribution is -2.08. The summed E-state index contributed by atoms with van der Waals surface area (Å²) in [4.78, 5) is 0. The van der Waals surface area contributed by atoms with Gasteiger partial charge in [-0.2, -0.15) is 0 Å². The third-order valence-electron chi connectivity index (χ3n) is 11.7. The monoisotopic (exact) mass is 680 g/mol. The second-order valence-electron chi connectivity index (χ2n) is 14.2. The normalized spacial score (nSPS) is 13.1. The molecule has 6 aromatic carbocycles. The van der Waals surface area contributed by atoms with Gasteiger partial charge >= 0.3 is 0 Å². The summed E-state index contributed by atoms with van der Waals surface area (Å²) in [6.07, 6.45) is 8.22. The quantitative estimate of drug-likeness (QED) is 0.172. The number of benzene rings is 6. The van der Waals surface area contributed by atoms with Crippen LogP contribution < -0.4 is 0 Å². The molecular weight excluding hydrogens is 645 g/mol. The average molecular weight is 681 g/mol. The van der Waals surface area contributed by atoms with E-state index in [4.69, 9.17) is 0 Å². The van der Waals surface area contributed by atoms with Crippen molar-refractivity contribution in [1.82, 2.24) is 18.3 Å². The molecule has 53 heavy (non-hydrogen) atoms. The molecule has 0 spiro atoms. The van der Waals surface area contributed by atoms with Gasteiger partial charge in [0.05, 0.1) is 33.3 Å². The predicted molar refractivity (Wildman–Crippen MR) is 226 cm³/mol. The Bertz CT molecular complexity index is 3170. The van der Waals surface area contributed by atoms with Crippen LogP contribution in [0.15, 0.2) is 147 Å². The lowest BCUT2D eigenvalue weighted by atomic mass is 9.98. The summed E-state index contributed by atoms with van der Waals surface area (Å²) in [6, 6.07) is 48.8. The maximum Gasteiger partial charge on any atom is 0.0542 e. The van der Waals surface area contributed by atoms with Crippen LogP contribution in [0.25, 0.3) is 101 Å². The molecule has 0 fully saturated rings. The highest BCUT2D eigenvalue weighted by Crippen LogP contribution is 2.42. The van der Waals surface area contributed by atoms with Gasteiger partial charge in [-0.25, -0.2) is 0 Å². The summed E-state index contributed by atoms with van der Waals surface area (Å²) in [5.74, 6) is 0. The Morgan fingerprint density at radius 3 is 1.66 bits per heavy atom. The maximum atomic E-state index is 4.32. The predicted octanol–water partition coefficient (Wildman–Crippen LogP) is 12.6. The second kappa shape index (κ2) is 11.1. The van der Waals surface area contributed by atoms with Crippen LogP contribution in [-0.4, -0.2) is 18.3 Å². The van der Waals surface area contributed by atoms with Gasteiger partial charge in [0.2, 0.25) is 0 Å². The molecule has 0 atom stereocenters. The molecule has 0 N–H and O–H groups in total. The van der Waals surface area contributed by atoms with Crippen LogP contribution in [0.4, 0.5) is 0 Å². The van der Waals surface area contributed by atoms with Crippen LogP contribution in [0.2, 0.25) is 0 Å². The first-order chi connectivity index (χ1) is 26.1. The minimum Gasteiger partial charge on any atom is -0.344 e. The smallest absolute Gasteiger partial charge is 0.0542 e. The lowest BCUT2D eigenvalue weighted by Gasteiger charge is -2.20. The molecular formula is C49H36N4. The fourth-order valence-corrected chi connectivity index (χ4v) is 9.36. The topological polar surface area (TPSA) is 19.7 Å². The molecule has 1 aliphatic rings. The van der Waals surface area contributed by atoms with Crippen molar-refractivity contribution < 1.29 is 0 Å². The molecule has 4 heteroatoms. The van der Waals surface area contributed by atoms with E-state index in [-0.39, 0.29) is 0 Å². The number of allylic oxidation sites excluding steroid dienone is 1. The number of aromatic nitrogens is 4. The zero-order chi connectivity index (χ0) is 35.4. The molecule has 1 aliphatic carbocycles. The summed E-state index contributed by atoms with van der Waals surface area (Å²) in [6.45, 7) is 8.63. The van der Waals surface area contributed by atoms with Gasteiger partial charge in [-0.15, -0.1) is 0 Å². The molecule has 10 aromatic rings. The van der Waals surface area contributed by atoms with Gasteiger partial charge in [-0.1, -0.05) is 98.1 Å². The summed E-state index contributed by atoms with van der Waals surface area (Å²) in [5.41, 5.74) is 15.7. The maximum absolute atomic E-state index is 4.32. The van der Waals surface area contributed by atoms with Crippen molar-refractivity contribution in [3.8, 4) is 11.4 Å². The molecule has 0 bridgehead atoms. The van der Waals surface area contributed by atoms with E-state index >= 15 is 0 Å². The van der Waals surface area contributed by atoms with Crippen molar-refractivity contribution in [3.63, 3.8) is 0 Å². The third-order valence-corrected chi connectivity index (χ3v) is 11.7. The highest BCUT2D eigenvalue weighted by molar-refractivity contribution is 6.13. The van der Waals surface area contributed by atoms with E-state index in [1.807, 2.05) is 12.2 Å². The van der Waals surface area contributed by atoms with Crippen LogP contribution in [0.3, 0.4) is 0 Å². The Balaban J connectivity index is 1.11. The molecule has 0 saturated carbocycles. The van der Waals surface area contributed by atoms with Crippen LogP contribution in [0.5, 0.6) is 0 Å². The average Bonchev–Trinajstić information content (AvgIpc) is 3.92. The minimum atomic E-state index is 0.904. The van der Waals surface area contributed by atoms with Crippen molar-refractivity contribution >= 4 is 89.3 Å². The molecule has 252 valence electrons. The van der Waals surface area contributed by atoms with E-state index in [9.17, 15) is 0 Å². The lowest BCUT2D eigenvalue weighted by molar-refractivity contribution is 0.859. The SMILES string of the molecule is C=Cc1c2c(n(-c3ccc4c(c3)c3ccccc3n4-c3ccc4c5ccccc5n(C)c4c3)c1C=C)CCC(n1c3ccccc3c3ccccc31)=C2. The number of fused-ring (bicyclic) bond motifs is 10. The first kappa shape index (κ1) is 29.9. The first-order valence-electron chi connectivity index (χ1n) is 18.4. The molecule has 0 saturated heterocycles. The summed E-state index contributed by atoms with van der Waals surface area (Å²) >= 11 is 0. The number of aryl methyl sites for hydroxylation is 1. The molecule has 0 unspecified atom stereocenters. The Morgan fingerprint density at radius 2 is 1.00 bits per heavy atom. The largest absolute Gasteiger partial charge is 0.344 e. The highest BCUT2D eigenvalue weighted by atomic mass is 15.0. The minimum absolute atomic E-state index is 0.904. The number of hydrogen-bond donors (Lipinski definition) is 0. The van der Waals surface area contributed by atoms with Crippen molar-refractivity contribution in [1.29, 1.82) is 0 Å². The Labute approximate surface area is 307 Å². The molecule has 0 amide bonds. The molecule has 0 aliphatic heterocycles. The van der Waals surface area contributed by atoms with Gasteiger partial charge in [-0.3, -0.25) is 0 Å². The fourth-order valence-electron chi connectivity index (χ4n) is 9.36. The van der Waals surface area contributed by atoms with Gasteiger partial charge in [-0.05, 0) is 79.6 Å². The van der Waals surface area contributed by atoms with Crippen LogP contribution >= 0.6 is 0 Å². The molecule has 4 aromatic heterocycles. The number of rotatable bonds is 5. The van der Waals surface area contributed by atoms with Crippen molar-refractivity contribution in [2.45, 2.75) is 12.8 Å². The van der Waals surface area contributed by atoms with Crippen molar-refractivity contribution in [2.75, 3.05) is 0 Å². The highest BCUT2D eigenvalue weighted by Gasteiger charge is 2.26. The van der Waals surface area contributed by atoms with Crippen LogP contribution in [-0.2, 0) is 13.5 Å². The van der Waals surface area contributed by atoms with E-state index < -0.39 is 0 Å². The van der Waals surface area contributed by atoms with Gasteiger partial charge in [0, 0.05) is 78.8 Å². The Hall–Kier alpha value is -6.78. The molecule has 4 heterocycles. The van der Waals surface area contributed by atoms with Crippen molar-refractivity contribution in [3.05, 3.63) is 169 Å². The van der Waals surface area contributed by atoms with Gasteiger partial charge in [0.1, 0.15) is 0 Å². The summed E-state index contributed by atoms with van der Waals surface area (Å²) in [7, 11) is 2.17. The third kappa shape index (κ3) is 4.06. The first-order valence-corrected chi connectivity index (χ1v) is 18.4. The van der Waals surface area contributed by atoms with Gasteiger partial charge in [0.25, 0.3) is 0 Å². The summed E-state index contributed by atoms with van der Waals surface area (Å²) < 4.78 is 9.61. The van der Waals surface area contributed by atoms with Gasteiger partial charge in [0.15, 0.2) is 0 Å². The van der Waals surface area contributed by atoms with E-state index in [0.717, 1.165) is 35.5 Å². The number of hydrogen-bond acceptors (Lipinski definition) is 0. The van der Waals surface area contributed by atoms with E-state index in [0.29, 0.717) is 0 Å². The summed E-state index contributed by atoms with van der Waals surface area (Å²) in [5, 5.41) is 7.59. The standard InChI is InChI=1S/C49H36N4/c1-4-34-40-28-32(52-44-19-11-7-15-36(44)37-16-8-12-20-45(37)52)24-26-47(40)51(42(34)5-2)31-23-27-48-41(29-31)38-17-9-13-21-46(38)53(48)33-22-25-39-35-14-6-10-18-43(35)50(3)49(39)30-33/h4-23,25,27-30H,1-2,24,26H2,3H3. The van der Waals surface area contributed by atoms with E-state index in [1.54, 1.807) is 0 Å². The zero-order valence-corrected chi connectivity index (χ0v) is 29.6. The van der Waals surface area contributed by atoms with E-state index in [2.05, 4.69) is 178 Å². The zero-order valence-electron chi connectivity index (χ0n) is 29.6.